The summed E-state index contributed by atoms with van der Waals surface area (Å²) in [6.45, 7) is 0. The number of benzene rings is 9. The third-order valence-electron chi connectivity index (χ3n) is 12.5. The SMILES string of the molecule is c1ccc(-c2cc3c4ccccc4c4cccc5c4c4c6c3c(c2)n(-c2ccc(-c3nc(-c7ccccc7)nc(-c7ccccc7)n3)cc2)c6ccc4n5-c2ccccc2)cc1. The average Bonchev–Trinajstić information content (AvgIpc) is 3.87. The highest BCUT2D eigenvalue weighted by Crippen LogP contribution is 2.48. The van der Waals surface area contributed by atoms with Crippen LogP contribution in [0.4, 0.5) is 0 Å². The molecule has 0 spiro atoms. The predicted molar refractivity (Wildman–Crippen MR) is 256 cm³/mol. The minimum Gasteiger partial charge on any atom is -0.309 e. The van der Waals surface area contributed by atoms with Crippen molar-refractivity contribution in [2.45, 2.75) is 0 Å². The van der Waals surface area contributed by atoms with Crippen LogP contribution in [-0.4, -0.2) is 24.1 Å². The van der Waals surface area contributed by atoms with Crippen molar-refractivity contribution < 1.29 is 0 Å². The van der Waals surface area contributed by atoms with Crippen molar-refractivity contribution >= 4 is 65.2 Å². The molecule has 5 nitrogen and oxygen atoms in total. The van der Waals surface area contributed by atoms with Gasteiger partial charge in [0.2, 0.25) is 0 Å². The standard InChI is InChI=1S/C57H35N5/c1-5-16-36(17-6-1)40-34-46-44-25-14-13-24-43(44)45-26-15-27-47-51(45)53-48(61(47)41-22-11-4-12-23-41)32-33-49-54(53)52(46)50(35-40)62(49)42-30-28-39(29-31-42)57-59-55(37-18-7-2-8-19-37)58-56(60-57)38-20-9-3-10-21-38/h1-35H. The Balaban J connectivity index is 1.12. The summed E-state index contributed by atoms with van der Waals surface area (Å²) < 4.78 is 4.91. The van der Waals surface area contributed by atoms with Crippen molar-refractivity contribution in [2.75, 3.05) is 0 Å². The van der Waals surface area contributed by atoms with Crippen LogP contribution in [0.15, 0.2) is 212 Å². The Morgan fingerprint density at radius 2 is 0.661 bits per heavy atom. The molecule has 0 aliphatic carbocycles. The van der Waals surface area contributed by atoms with E-state index >= 15 is 0 Å². The molecule has 0 N–H and O–H groups in total. The predicted octanol–water partition coefficient (Wildman–Crippen LogP) is 14.5. The maximum atomic E-state index is 5.05. The van der Waals surface area contributed by atoms with E-state index < -0.39 is 0 Å². The lowest BCUT2D eigenvalue weighted by Gasteiger charge is -2.12. The molecule has 0 radical (unpaired) electrons. The molecule has 13 aromatic rings. The Kier molecular flexibility index (Phi) is 7.54. The van der Waals surface area contributed by atoms with Gasteiger partial charge >= 0.3 is 0 Å². The molecule has 0 saturated heterocycles. The molecule has 0 fully saturated rings. The van der Waals surface area contributed by atoms with Gasteiger partial charge in [0, 0.05) is 49.6 Å². The van der Waals surface area contributed by atoms with Crippen LogP contribution in [0.1, 0.15) is 0 Å². The van der Waals surface area contributed by atoms with Gasteiger partial charge in [-0.2, -0.15) is 0 Å². The number of para-hydroxylation sites is 1. The van der Waals surface area contributed by atoms with E-state index in [0.717, 1.165) is 39.1 Å². The highest BCUT2D eigenvalue weighted by atomic mass is 15.0. The van der Waals surface area contributed by atoms with Crippen LogP contribution in [0, 0.1) is 0 Å². The van der Waals surface area contributed by atoms with Gasteiger partial charge in [-0.25, -0.2) is 15.0 Å². The first kappa shape index (κ1) is 34.5. The second-order valence-electron chi connectivity index (χ2n) is 16.0. The molecule has 0 aliphatic heterocycles. The van der Waals surface area contributed by atoms with E-state index in [1.165, 1.54) is 65.3 Å². The van der Waals surface area contributed by atoms with Crippen molar-refractivity contribution in [3.05, 3.63) is 212 Å². The smallest absolute Gasteiger partial charge is 0.164 e. The normalized spacial score (nSPS) is 11.9. The molecule has 0 amide bonds. The van der Waals surface area contributed by atoms with Crippen LogP contribution in [0.3, 0.4) is 0 Å². The lowest BCUT2D eigenvalue weighted by atomic mass is 9.92. The highest BCUT2D eigenvalue weighted by molar-refractivity contribution is 6.39. The summed E-state index contributed by atoms with van der Waals surface area (Å²) in [4.78, 5) is 15.0. The van der Waals surface area contributed by atoms with Gasteiger partial charge in [-0.3, -0.25) is 0 Å². The topological polar surface area (TPSA) is 48.5 Å². The van der Waals surface area contributed by atoms with Crippen LogP contribution in [-0.2, 0) is 0 Å². The van der Waals surface area contributed by atoms with Crippen LogP contribution < -0.4 is 0 Å². The van der Waals surface area contributed by atoms with E-state index in [9.17, 15) is 0 Å². The largest absolute Gasteiger partial charge is 0.309 e. The summed E-state index contributed by atoms with van der Waals surface area (Å²) in [7, 11) is 0. The van der Waals surface area contributed by atoms with Gasteiger partial charge in [0.05, 0.1) is 22.1 Å². The zero-order valence-corrected chi connectivity index (χ0v) is 33.4. The number of nitrogens with zero attached hydrogens (tertiary/aromatic N) is 5. The Hall–Kier alpha value is -8.41. The quantitative estimate of drug-likeness (QED) is 0.169. The number of hydrogen-bond acceptors (Lipinski definition) is 3. The Bertz CT molecular complexity index is 3760. The zero-order chi connectivity index (χ0) is 40.7. The van der Waals surface area contributed by atoms with Gasteiger partial charge in [0.25, 0.3) is 0 Å². The summed E-state index contributed by atoms with van der Waals surface area (Å²) in [5.74, 6) is 1.92. The maximum Gasteiger partial charge on any atom is 0.164 e. The third kappa shape index (κ3) is 5.18. The van der Waals surface area contributed by atoms with E-state index in [4.69, 9.17) is 15.0 Å². The Morgan fingerprint density at radius 1 is 0.242 bits per heavy atom. The van der Waals surface area contributed by atoms with E-state index in [2.05, 4.69) is 161 Å². The van der Waals surface area contributed by atoms with E-state index in [1.54, 1.807) is 0 Å². The minimum absolute atomic E-state index is 0.630. The second kappa shape index (κ2) is 13.6. The van der Waals surface area contributed by atoms with Crippen molar-refractivity contribution in [3.8, 4) is 56.7 Å². The number of rotatable bonds is 6. The molecule has 0 saturated carbocycles. The average molecular weight is 790 g/mol. The fourth-order valence-electron chi connectivity index (χ4n) is 9.79. The first-order chi connectivity index (χ1) is 30.8. The summed E-state index contributed by atoms with van der Waals surface area (Å²) >= 11 is 0. The van der Waals surface area contributed by atoms with Gasteiger partial charge in [-0.15, -0.1) is 0 Å². The molecular formula is C57H35N5. The van der Waals surface area contributed by atoms with Crippen LogP contribution in [0.2, 0.25) is 0 Å². The molecule has 288 valence electrons. The molecule has 5 heteroatoms. The lowest BCUT2D eigenvalue weighted by Crippen LogP contribution is -2.00. The summed E-state index contributed by atoms with van der Waals surface area (Å²) in [6.07, 6.45) is 0. The fourth-order valence-corrected chi connectivity index (χ4v) is 9.79. The van der Waals surface area contributed by atoms with Gasteiger partial charge in [0.1, 0.15) is 0 Å². The Labute approximate surface area is 356 Å². The van der Waals surface area contributed by atoms with E-state index in [0.29, 0.717) is 17.5 Å². The molecule has 3 heterocycles. The van der Waals surface area contributed by atoms with Crippen molar-refractivity contribution in [1.29, 1.82) is 0 Å². The van der Waals surface area contributed by atoms with Crippen LogP contribution in [0.5, 0.6) is 0 Å². The molecule has 0 bridgehead atoms. The van der Waals surface area contributed by atoms with Crippen LogP contribution in [0.25, 0.3) is 122 Å². The van der Waals surface area contributed by atoms with E-state index in [-0.39, 0.29) is 0 Å². The van der Waals surface area contributed by atoms with Gasteiger partial charge < -0.3 is 9.13 Å². The molecule has 0 atom stereocenters. The molecule has 10 aromatic carbocycles. The highest BCUT2D eigenvalue weighted by Gasteiger charge is 2.25. The van der Waals surface area contributed by atoms with Crippen molar-refractivity contribution in [1.82, 2.24) is 24.1 Å². The van der Waals surface area contributed by atoms with Gasteiger partial charge in [0.15, 0.2) is 17.5 Å². The number of fused-ring (bicyclic) bond motifs is 3. The monoisotopic (exact) mass is 789 g/mol. The first-order valence-electron chi connectivity index (χ1n) is 21.0. The summed E-state index contributed by atoms with van der Waals surface area (Å²) in [6, 6.07) is 75.8. The maximum absolute atomic E-state index is 5.05. The zero-order valence-electron chi connectivity index (χ0n) is 33.4. The Morgan fingerprint density at radius 3 is 1.24 bits per heavy atom. The molecule has 0 aliphatic rings. The van der Waals surface area contributed by atoms with Gasteiger partial charge in [-0.05, 0) is 99.4 Å². The lowest BCUT2D eigenvalue weighted by molar-refractivity contribution is 1.07. The fraction of sp³-hybridized carbons (Fsp3) is 0. The number of aromatic nitrogens is 5. The van der Waals surface area contributed by atoms with Crippen molar-refractivity contribution in [3.63, 3.8) is 0 Å². The first-order valence-corrected chi connectivity index (χ1v) is 21.0. The minimum atomic E-state index is 0.630. The molecule has 0 unspecified atom stereocenters. The third-order valence-corrected chi connectivity index (χ3v) is 12.5. The summed E-state index contributed by atoms with van der Waals surface area (Å²) in [5.41, 5.74) is 12.1. The second-order valence-corrected chi connectivity index (χ2v) is 16.0. The summed E-state index contributed by atoms with van der Waals surface area (Å²) in [5, 5.41) is 9.99. The molecule has 13 rings (SSSR count). The molecule has 3 aromatic heterocycles. The molecule has 62 heavy (non-hydrogen) atoms. The van der Waals surface area contributed by atoms with Gasteiger partial charge in [-0.1, -0.05) is 146 Å². The number of hydrogen-bond donors (Lipinski definition) is 0. The van der Waals surface area contributed by atoms with Crippen molar-refractivity contribution in [2.24, 2.45) is 0 Å². The molecular weight excluding hydrogens is 755 g/mol. The van der Waals surface area contributed by atoms with E-state index in [1.807, 2.05) is 60.7 Å². The van der Waals surface area contributed by atoms with Crippen LogP contribution >= 0.6 is 0 Å².